The highest BCUT2D eigenvalue weighted by molar-refractivity contribution is 7.90. The van der Waals surface area contributed by atoms with E-state index >= 15 is 0 Å². The minimum atomic E-state index is -4.73. The molecule has 1 aromatic carbocycles. The molecular weight excluding hydrogens is 537 g/mol. The van der Waals surface area contributed by atoms with Crippen molar-refractivity contribution in [3.8, 4) is 22.8 Å². The first-order chi connectivity index (χ1) is 18.3. The number of hydrogen-bond donors (Lipinski definition) is 0. The van der Waals surface area contributed by atoms with Gasteiger partial charge in [-0.2, -0.15) is 13.2 Å². The number of rotatable bonds is 9. The van der Waals surface area contributed by atoms with Gasteiger partial charge in [0.1, 0.15) is 16.4 Å². The van der Waals surface area contributed by atoms with Crippen LogP contribution in [0.1, 0.15) is 24.2 Å². The van der Waals surface area contributed by atoms with Gasteiger partial charge in [0.05, 0.1) is 36.7 Å². The van der Waals surface area contributed by atoms with Crippen LogP contribution in [-0.4, -0.2) is 59.4 Å². The van der Waals surface area contributed by atoms with E-state index in [2.05, 4.69) is 9.97 Å². The summed E-state index contributed by atoms with van der Waals surface area (Å²) in [6.45, 7) is 1.96. The molecule has 1 atom stereocenters. The van der Waals surface area contributed by atoms with Gasteiger partial charge in [-0.05, 0) is 37.1 Å². The van der Waals surface area contributed by atoms with Crippen LogP contribution >= 0.6 is 0 Å². The van der Waals surface area contributed by atoms with E-state index in [0.717, 1.165) is 10.8 Å². The fraction of sp³-hybridized carbons (Fsp3) is 0.346. The number of hydrogen-bond acceptors (Lipinski definition) is 7. The van der Waals surface area contributed by atoms with Crippen molar-refractivity contribution in [3.05, 3.63) is 70.4 Å². The molecule has 0 aliphatic rings. The highest BCUT2D eigenvalue weighted by atomic mass is 32.2. The number of aromatic nitrogens is 4. The fourth-order valence-electron chi connectivity index (χ4n) is 4.51. The molecule has 0 N–H and O–H groups in total. The topological polar surface area (TPSA) is 105 Å². The molecule has 0 aliphatic carbocycles. The molecule has 0 radical (unpaired) electrons. The summed E-state index contributed by atoms with van der Waals surface area (Å²) in [6.07, 6.45) is -2.30. The van der Waals surface area contributed by atoms with Crippen molar-refractivity contribution < 1.29 is 31.1 Å². The minimum absolute atomic E-state index is 0.0456. The molecule has 0 spiro atoms. The van der Waals surface area contributed by atoms with Crippen LogP contribution in [0.3, 0.4) is 0 Å². The molecule has 3 heterocycles. The van der Waals surface area contributed by atoms with Gasteiger partial charge in [0.15, 0.2) is 11.4 Å². The lowest BCUT2D eigenvalue weighted by Crippen LogP contribution is -2.34. The van der Waals surface area contributed by atoms with Gasteiger partial charge < -0.3 is 9.47 Å². The molecule has 4 aromatic rings. The lowest BCUT2D eigenvalue weighted by atomic mass is 10.0. The van der Waals surface area contributed by atoms with Crippen molar-refractivity contribution in [1.29, 1.82) is 0 Å². The van der Waals surface area contributed by atoms with Crippen molar-refractivity contribution in [1.82, 2.24) is 19.1 Å². The Kier molecular flexibility index (Phi) is 7.73. The predicted molar refractivity (Wildman–Crippen MR) is 140 cm³/mol. The van der Waals surface area contributed by atoms with Crippen LogP contribution in [-0.2, 0) is 16.4 Å². The molecule has 39 heavy (non-hydrogen) atoms. The predicted octanol–water partition coefficient (Wildman–Crippen LogP) is 4.17. The Hall–Kier alpha value is -3.87. The Morgan fingerprint density at radius 2 is 1.79 bits per heavy atom. The van der Waals surface area contributed by atoms with E-state index in [9.17, 15) is 26.4 Å². The second-order valence-corrected chi connectivity index (χ2v) is 11.2. The van der Waals surface area contributed by atoms with Gasteiger partial charge in [-0.3, -0.25) is 9.13 Å². The number of fused-ring (bicyclic) bond motifs is 1. The molecule has 0 saturated carbocycles. The maximum atomic E-state index is 13.7. The van der Waals surface area contributed by atoms with Crippen LogP contribution in [0.5, 0.6) is 11.6 Å². The number of pyridine rings is 2. The zero-order valence-electron chi connectivity index (χ0n) is 21.7. The Balaban J connectivity index is 2.06. The smallest absolute Gasteiger partial charge is 0.406 e. The van der Waals surface area contributed by atoms with Gasteiger partial charge in [0, 0.05) is 18.0 Å². The second kappa shape index (κ2) is 10.7. The Morgan fingerprint density at radius 1 is 1.10 bits per heavy atom. The minimum Gasteiger partial charge on any atom is -0.491 e. The van der Waals surface area contributed by atoms with Crippen LogP contribution in [0.2, 0.25) is 0 Å². The quantitative estimate of drug-likeness (QED) is 0.301. The SMILES string of the molecule is CCOc1nc([C@H](CS(C)(=O)=O)n2c(=O)n(CC(F)(F)F)c3c(C)c(-c4ccccc4)cnc32)ccc1OC. The molecule has 0 unspecified atom stereocenters. The standard InChI is InChI=1S/C26H27F3N4O5S/c1-5-38-24-21(37-3)12-11-19(31-24)20(14-39(4,35)36)33-23-22(32(25(33)34)15-26(27,28)29)16(2)18(13-30-23)17-9-7-6-8-10-17/h6-13,20H,5,14-15H2,1-4H3/t20-/m0/s1. The number of nitrogens with zero attached hydrogens (tertiary/aromatic N) is 4. The van der Waals surface area contributed by atoms with E-state index in [1.165, 1.54) is 25.4 Å². The second-order valence-electron chi connectivity index (χ2n) is 8.97. The number of benzene rings is 1. The Labute approximate surface area is 222 Å². The number of alkyl halides is 3. The number of methoxy groups -OCH3 is 1. The van der Waals surface area contributed by atoms with Crippen molar-refractivity contribution in [2.75, 3.05) is 25.7 Å². The summed E-state index contributed by atoms with van der Waals surface area (Å²) in [6, 6.07) is 10.6. The van der Waals surface area contributed by atoms with Gasteiger partial charge >= 0.3 is 11.9 Å². The number of aryl methyl sites for hydroxylation is 1. The van der Waals surface area contributed by atoms with Crippen LogP contribution < -0.4 is 15.2 Å². The molecule has 3 aromatic heterocycles. The summed E-state index contributed by atoms with van der Waals surface area (Å²) in [7, 11) is -2.36. The summed E-state index contributed by atoms with van der Waals surface area (Å²) < 4.78 is 78.4. The molecular formula is C26H27F3N4O5S. The van der Waals surface area contributed by atoms with Gasteiger partial charge in [-0.1, -0.05) is 30.3 Å². The first-order valence-electron chi connectivity index (χ1n) is 11.9. The lowest BCUT2D eigenvalue weighted by Gasteiger charge is -2.19. The highest BCUT2D eigenvalue weighted by Gasteiger charge is 2.34. The van der Waals surface area contributed by atoms with Crippen molar-refractivity contribution >= 4 is 21.0 Å². The maximum Gasteiger partial charge on any atom is 0.406 e. The van der Waals surface area contributed by atoms with E-state index in [4.69, 9.17) is 9.47 Å². The van der Waals surface area contributed by atoms with Crippen molar-refractivity contribution in [3.63, 3.8) is 0 Å². The molecule has 0 aliphatic heterocycles. The van der Waals surface area contributed by atoms with Crippen molar-refractivity contribution in [2.45, 2.75) is 32.6 Å². The average Bonchev–Trinajstić information content (AvgIpc) is 3.13. The van der Waals surface area contributed by atoms with Gasteiger partial charge in [0.2, 0.25) is 0 Å². The summed E-state index contributed by atoms with van der Waals surface area (Å²) in [4.78, 5) is 22.5. The summed E-state index contributed by atoms with van der Waals surface area (Å²) in [5.74, 6) is -0.296. The molecule has 9 nitrogen and oxygen atoms in total. The first kappa shape index (κ1) is 28.1. The molecule has 0 amide bonds. The van der Waals surface area contributed by atoms with E-state index in [1.54, 1.807) is 44.2 Å². The Bertz CT molecular complexity index is 1670. The van der Waals surface area contributed by atoms with Crippen LogP contribution in [0.15, 0.2) is 53.5 Å². The third-order valence-electron chi connectivity index (χ3n) is 6.11. The average molecular weight is 565 g/mol. The normalized spacial score (nSPS) is 13.0. The zero-order chi connectivity index (χ0) is 28.5. The maximum absolute atomic E-state index is 13.7. The highest BCUT2D eigenvalue weighted by Crippen LogP contribution is 2.33. The third kappa shape index (κ3) is 5.92. The van der Waals surface area contributed by atoms with E-state index in [1.807, 2.05) is 0 Å². The number of imidazole rings is 1. The van der Waals surface area contributed by atoms with E-state index in [-0.39, 0.29) is 35.1 Å². The molecule has 4 rings (SSSR count). The molecule has 208 valence electrons. The first-order valence-corrected chi connectivity index (χ1v) is 14.0. The summed E-state index contributed by atoms with van der Waals surface area (Å²) in [5.41, 5.74) is 0.520. The van der Waals surface area contributed by atoms with Gasteiger partial charge in [-0.15, -0.1) is 0 Å². The molecule has 0 saturated heterocycles. The van der Waals surface area contributed by atoms with Gasteiger partial charge in [-0.25, -0.2) is 23.2 Å². The lowest BCUT2D eigenvalue weighted by molar-refractivity contribution is -0.140. The van der Waals surface area contributed by atoms with Crippen LogP contribution in [0.25, 0.3) is 22.3 Å². The number of ether oxygens (including phenoxy) is 2. The van der Waals surface area contributed by atoms with E-state index < -0.39 is 40.0 Å². The Morgan fingerprint density at radius 3 is 2.38 bits per heavy atom. The van der Waals surface area contributed by atoms with Crippen LogP contribution in [0, 0.1) is 6.92 Å². The third-order valence-corrected chi connectivity index (χ3v) is 7.03. The number of halogens is 3. The fourth-order valence-corrected chi connectivity index (χ4v) is 5.41. The molecule has 0 bridgehead atoms. The largest absolute Gasteiger partial charge is 0.491 e. The zero-order valence-corrected chi connectivity index (χ0v) is 22.5. The monoisotopic (exact) mass is 564 g/mol. The molecule has 0 fully saturated rings. The number of sulfone groups is 1. The molecule has 13 heteroatoms. The van der Waals surface area contributed by atoms with Crippen molar-refractivity contribution in [2.24, 2.45) is 0 Å². The summed E-state index contributed by atoms with van der Waals surface area (Å²) >= 11 is 0. The summed E-state index contributed by atoms with van der Waals surface area (Å²) in [5, 5.41) is 0. The van der Waals surface area contributed by atoms with Gasteiger partial charge in [0.25, 0.3) is 5.88 Å². The van der Waals surface area contributed by atoms with Crippen LogP contribution in [0.4, 0.5) is 13.2 Å². The van der Waals surface area contributed by atoms with E-state index in [0.29, 0.717) is 21.3 Å².